The Morgan fingerprint density at radius 1 is 1.60 bits per heavy atom. The molecule has 0 aliphatic carbocycles. The zero-order valence-electron chi connectivity index (χ0n) is 8.36. The van der Waals surface area contributed by atoms with E-state index in [1.807, 2.05) is 0 Å². The van der Waals surface area contributed by atoms with Crippen LogP contribution < -0.4 is 0 Å². The largest absolute Gasteiger partial charge is 0.451 e. The van der Waals surface area contributed by atoms with Gasteiger partial charge in [0.15, 0.2) is 6.29 Å². The molecule has 1 aliphatic heterocycles. The van der Waals surface area contributed by atoms with Crippen molar-refractivity contribution in [2.75, 3.05) is 7.11 Å². The molecule has 1 heterocycles. The van der Waals surface area contributed by atoms with Gasteiger partial charge in [0.05, 0.1) is 6.10 Å². The van der Waals surface area contributed by atoms with E-state index in [2.05, 4.69) is 10.0 Å². The fourth-order valence-corrected chi connectivity index (χ4v) is 1.14. The molecular weight excluding hydrogens is 202 g/mol. The number of rotatable bonds is 2. The van der Waals surface area contributed by atoms with Gasteiger partial charge in [0.1, 0.15) is 6.10 Å². The molecule has 7 nitrogen and oxygen atoms in total. The van der Waals surface area contributed by atoms with E-state index in [9.17, 15) is 4.79 Å². The molecule has 1 aliphatic rings. The predicted molar refractivity (Wildman–Crippen MR) is 49.9 cm³/mol. The smallest absolute Gasteiger partial charge is 0.397 e. The highest BCUT2D eigenvalue weighted by molar-refractivity contribution is 5.68. The average Bonchev–Trinajstić information content (AvgIpc) is 2.21. The monoisotopic (exact) mass is 213 g/mol. The molecule has 0 bridgehead atoms. The van der Waals surface area contributed by atoms with Gasteiger partial charge in [-0.2, -0.15) is 0 Å². The molecular formula is C8H11N3O4. The molecule has 1 amide bonds. The van der Waals surface area contributed by atoms with Crippen molar-refractivity contribution in [1.29, 1.82) is 0 Å². The summed E-state index contributed by atoms with van der Waals surface area (Å²) in [5, 5.41) is 2.79. The molecule has 1 rings (SSSR count). The minimum atomic E-state index is -0.974. The van der Waals surface area contributed by atoms with Crippen LogP contribution in [-0.4, -0.2) is 31.7 Å². The number of ether oxygens (including phenoxy) is 3. The Hall–Kier alpha value is -1.56. The maximum atomic E-state index is 10.8. The molecule has 0 N–H and O–H groups in total. The van der Waals surface area contributed by atoms with Crippen LogP contribution in [0.25, 0.3) is 10.4 Å². The van der Waals surface area contributed by atoms with Crippen molar-refractivity contribution in [2.24, 2.45) is 5.11 Å². The van der Waals surface area contributed by atoms with Crippen molar-refractivity contribution in [1.82, 2.24) is 0 Å². The Balaban J connectivity index is 2.56. The Morgan fingerprint density at radius 2 is 2.33 bits per heavy atom. The summed E-state index contributed by atoms with van der Waals surface area (Å²) in [6.45, 7) is 1.73. The summed E-state index contributed by atoms with van der Waals surface area (Å²) in [4.78, 5) is 13.2. The lowest BCUT2D eigenvalue weighted by atomic mass is 10.1. The lowest BCUT2D eigenvalue weighted by molar-refractivity contribution is -0.151. The number of carbonyl (C=O) groups is 1. The topological polar surface area (TPSA) is 93.5 Å². The molecule has 3 atom stereocenters. The van der Waals surface area contributed by atoms with E-state index in [0.29, 0.717) is 0 Å². The van der Waals surface area contributed by atoms with Crippen LogP contribution >= 0.6 is 0 Å². The Labute approximate surface area is 86.2 Å². The highest BCUT2D eigenvalue weighted by Crippen LogP contribution is 2.16. The van der Waals surface area contributed by atoms with Gasteiger partial charge in [-0.3, -0.25) is 0 Å². The van der Waals surface area contributed by atoms with Gasteiger partial charge in [0.25, 0.3) is 0 Å². The van der Waals surface area contributed by atoms with Crippen LogP contribution in [0, 0.1) is 0 Å². The maximum Gasteiger partial charge on any atom is 0.397 e. The van der Waals surface area contributed by atoms with Crippen LogP contribution in [0.4, 0.5) is 4.79 Å². The van der Waals surface area contributed by atoms with Crippen molar-refractivity contribution >= 4 is 6.09 Å². The third kappa shape index (κ3) is 3.25. The molecule has 0 saturated carbocycles. The minimum Gasteiger partial charge on any atom is -0.451 e. The zero-order valence-corrected chi connectivity index (χ0v) is 8.36. The molecule has 15 heavy (non-hydrogen) atoms. The fraction of sp³-hybridized carbons (Fsp3) is 0.625. The lowest BCUT2D eigenvalue weighted by Crippen LogP contribution is -2.36. The number of azide groups is 1. The van der Waals surface area contributed by atoms with Crippen LogP contribution in [0.2, 0.25) is 0 Å². The van der Waals surface area contributed by atoms with E-state index in [0.717, 1.165) is 0 Å². The first-order valence-electron chi connectivity index (χ1n) is 4.29. The van der Waals surface area contributed by atoms with Gasteiger partial charge < -0.3 is 14.2 Å². The number of methoxy groups -OCH3 is 1. The fourth-order valence-electron chi connectivity index (χ4n) is 1.14. The highest BCUT2D eigenvalue weighted by Gasteiger charge is 2.25. The van der Waals surface area contributed by atoms with Gasteiger partial charge in [-0.15, -0.1) is 0 Å². The third-order valence-corrected chi connectivity index (χ3v) is 1.86. The number of carbonyl (C=O) groups excluding carboxylic acids is 1. The first-order valence-corrected chi connectivity index (χ1v) is 4.29. The van der Waals surface area contributed by atoms with Gasteiger partial charge in [-0.25, -0.2) is 4.79 Å². The predicted octanol–water partition coefficient (Wildman–Crippen LogP) is 1.75. The summed E-state index contributed by atoms with van der Waals surface area (Å²) in [6.07, 6.45) is 0.932. The summed E-state index contributed by atoms with van der Waals surface area (Å²) < 4.78 is 15.0. The van der Waals surface area contributed by atoms with Gasteiger partial charge in [-0.05, 0) is 24.6 Å². The normalized spacial score (nSPS) is 29.3. The SMILES string of the molecule is CO[C@H]1C=C[C@H](OC(=O)N=[N+]=[N-])[C@H](C)O1. The van der Waals surface area contributed by atoms with Crippen LogP contribution in [-0.2, 0) is 14.2 Å². The molecule has 0 spiro atoms. The van der Waals surface area contributed by atoms with Gasteiger partial charge in [0, 0.05) is 17.1 Å². The van der Waals surface area contributed by atoms with Crippen LogP contribution in [0.5, 0.6) is 0 Å². The number of hydrogen-bond acceptors (Lipinski definition) is 4. The van der Waals surface area contributed by atoms with Crippen LogP contribution in [0.3, 0.4) is 0 Å². The Morgan fingerprint density at radius 3 is 2.87 bits per heavy atom. The number of nitrogens with zero attached hydrogens (tertiary/aromatic N) is 3. The first-order chi connectivity index (χ1) is 7.17. The molecule has 0 aromatic carbocycles. The Kier molecular flexibility index (Phi) is 4.11. The highest BCUT2D eigenvalue weighted by atomic mass is 16.7. The molecule has 82 valence electrons. The van der Waals surface area contributed by atoms with Gasteiger partial charge >= 0.3 is 6.09 Å². The average molecular weight is 213 g/mol. The van der Waals surface area contributed by atoms with E-state index in [1.54, 1.807) is 19.1 Å². The van der Waals surface area contributed by atoms with Crippen molar-refractivity contribution in [3.8, 4) is 0 Å². The molecule has 0 aromatic heterocycles. The molecule has 0 aromatic rings. The van der Waals surface area contributed by atoms with Gasteiger partial charge in [-0.1, -0.05) is 0 Å². The first kappa shape index (κ1) is 11.5. The lowest BCUT2D eigenvalue weighted by Gasteiger charge is -2.28. The number of hydrogen-bond donors (Lipinski definition) is 0. The minimum absolute atomic E-state index is 0.349. The van der Waals surface area contributed by atoms with Crippen LogP contribution in [0.15, 0.2) is 17.3 Å². The standard InChI is InChI=1S/C8H11N3O4/c1-5-6(15-8(12)10-11-9)3-4-7(13-2)14-5/h3-7H,1-2H3/t5-,6-,7+/m0/s1. The second-order valence-electron chi connectivity index (χ2n) is 2.87. The summed E-state index contributed by atoms with van der Waals surface area (Å²) >= 11 is 0. The molecule has 0 saturated heterocycles. The van der Waals surface area contributed by atoms with Gasteiger partial charge in [0.2, 0.25) is 0 Å². The van der Waals surface area contributed by atoms with E-state index < -0.39 is 18.5 Å². The Bertz CT molecular complexity index is 311. The summed E-state index contributed by atoms with van der Waals surface area (Å²) in [7, 11) is 1.51. The van der Waals surface area contributed by atoms with E-state index in [1.165, 1.54) is 7.11 Å². The molecule has 0 radical (unpaired) electrons. The number of amides is 1. The van der Waals surface area contributed by atoms with Crippen molar-refractivity contribution in [3.05, 3.63) is 22.6 Å². The molecule has 7 heteroatoms. The summed E-state index contributed by atoms with van der Waals surface area (Å²) in [5.41, 5.74) is 8.00. The zero-order chi connectivity index (χ0) is 11.3. The van der Waals surface area contributed by atoms with Crippen molar-refractivity contribution < 1.29 is 19.0 Å². The molecule has 0 unspecified atom stereocenters. The maximum absolute atomic E-state index is 10.8. The van der Waals surface area contributed by atoms with E-state index in [4.69, 9.17) is 19.7 Å². The summed E-state index contributed by atoms with van der Waals surface area (Å²) in [5.74, 6) is 0. The molecule has 0 fully saturated rings. The van der Waals surface area contributed by atoms with E-state index >= 15 is 0 Å². The van der Waals surface area contributed by atoms with Crippen molar-refractivity contribution in [2.45, 2.75) is 25.4 Å². The second-order valence-corrected chi connectivity index (χ2v) is 2.87. The third-order valence-electron chi connectivity index (χ3n) is 1.86. The van der Waals surface area contributed by atoms with Crippen LogP contribution in [0.1, 0.15) is 6.92 Å². The quantitative estimate of drug-likeness (QED) is 0.302. The summed E-state index contributed by atoms with van der Waals surface area (Å²) in [6, 6.07) is 0. The second kappa shape index (κ2) is 5.35. The van der Waals surface area contributed by atoms with E-state index in [-0.39, 0.29) is 6.10 Å². The van der Waals surface area contributed by atoms with Crippen molar-refractivity contribution in [3.63, 3.8) is 0 Å².